The third kappa shape index (κ3) is 5.33. The first-order valence-corrected chi connectivity index (χ1v) is 11.1. The van der Waals surface area contributed by atoms with Crippen molar-refractivity contribution in [1.29, 1.82) is 0 Å². The number of nitrogens with zero attached hydrogens (tertiary/aromatic N) is 2. The van der Waals surface area contributed by atoms with Gasteiger partial charge < -0.3 is 10.2 Å². The summed E-state index contributed by atoms with van der Waals surface area (Å²) in [6.07, 6.45) is 0. The fourth-order valence-electron chi connectivity index (χ4n) is 3.26. The fourth-order valence-corrected chi connectivity index (χ4v) is 5.11. The van der Waals surface area contributed by atoms with Crippen LogP contribution in [0, 0.1) is 0 Å². The van der Waals surface area contributed by atoms with Crippen molar-refractivity contribution in [2.24, 2.45) is 0 Å². The average Bonchev–Trinajstić information content (AvgIpc) is 2.67. The minimum Gasteiger partial charge on any atom is -0.342 e. The van der Waals surface area contributed by atoms with Gasteiger partial charge in [0.1, 0.15) is 10.4 Å². The van der Waals surface area contributed by atoms with Crippen LogP contribution in [0.1, 0.15) is 46.1 Å². The Hall–Kier alpha value is -1.44. The van der Waals surface area contributed by atoms with Crippen LogP contribution >= 0.6 is 24.0 Å². The molecule has 2 unspecified atom stereocenters. The molecule has 0 spiro atoms. The van der Waals surface area contributed by atoms with Gasteiger partial charge >= 0.3 is 0 Å². The van der Waals surface area contributed by atoms with E-state index in [2.05, 4.69) is 24.1 Å². The third-order valence-corrected chi connectivity index (χ3v) is 6.92. The lowest BCUT2D eigenvalue weighted by molar-refractivity contribution is -0.134. The number of amides is 2. The Balaban J connectivity index is 2.13. The van der Waals surface area contributed by atoms with E-state index < -0.39 is 10.8 Å². The van der Waals surface area contributed by atoms with Gasteiger partial charge in [0.15, 0.2) is 0 Å². The summed E-state index contributed by atoms with van der Waals surface area (Å²) in [6.45, 7) is 13.2. The molecule has 0 aliphatic carbocycles. The molecule has 1 heterocycles. The number of benzene rings is 1. The lowest BCUT2D eigenvalue weighted by Gasteiger charge is -2.43. The summed E-state index contributed by atoms with van der Waals surface area (Å²) in [7, 11) is 0. The summed E-state index contributed by atoms with van der Waals surface area (Å²) in [5, 5.41) is 3.00. The number of hydrogen-bond donors (Lipinski definition) is 1. The molecule has 1 N–H and O–H groups in total. The van der Waals surface area contributed by atoms with Gasteiger partial charge in [-0.15, -0.1) is 0 Å². The summed E-state index contributed by atoms with van der Waals surface area (Å²) in [5.74, 6) is -0.586. The molecule has 5 nitrogen and oxygen atoms in total. The second-order valence-corrected chi connectivity index (χ2v) is 9.85. The Morgan fingerprint density at radius 3 is 2.46 bits per heavy atom. The van der Waals surface area contributed by atoms with E-state index in [0.717, 1.165) is 25.2 Å². The Morgan fingerprint density at radius 2 is 1.89 bits per heavy atom. The lowest BCUT2D eigenvalue weighted by atomic mass is 9.97. The number of carbonyl (C=O) groups is 2. The minimum absolute atomic E-state index is 0.116. The maximum absolute atomic E-state index is 13.2. The van der Waals surface area contributed by atoms with Crippen LogP contribution in [0.4, 0.5) is 0 Å². The van der Waals surface area contributed by atoms with Crippen molar-refractivity contribution in [2.45, 2.75) is 51.3 Å². The Bertz CT molecular complexity index is 705. The van der Waals surface area contributed by atoms with Crippen LogP contribution in [-0.4, -0.2) is 62.9 Å². The van der Waals surface area contributed by atoms with Crippen LogP contribution in [0.15, 0.2) is 30.3 Å². The summed E-state index contributed by atoms with van der Waals surface area (Å²) in [4.78, 5) is 30.0. The van der Waals surface area contributed by atoms with Gasteiger partial charge in [0, 0.05) is 17.8 Å². The van der Waals surface area contributed by atoms with E-state index in [9.17, 15) is 9.59 Å². The number of thiocarbonyl (C=S) groups is 1. The highest BCUT2D eigenvalue weighted by atomic mass is 32.2. The second kappa shape index (κ2) is 9.85. The van der Waals surface area contributed by atoms with Crippen LogP contribution in [0.5, 0.6) is 0 Å². The Labute approximate surface area is 178 Å². The van der Waals surface area contributed by atoms with Crippen molar-refractivity contribution >= 4 is 40.1 Å². The monoisotopic (exact) mass is 421 g/mol. The van der Waals surface area contributed by atoms with E-state index in [1.165, 1.54) is 11.8 Å². The molecule has 0 radical (unpaired) electrons. The van der Waals surface area contributed by atoms with Crippen LogP contribution in [0.25, 0.3) is 0 Å². The van der Waals surface area contributed by atoms with Crippen molar-refractivity contribution in [3.8, 4) is 0 Å². The van der Waals surface area contributed by atoms with Crippen molar-refractivity contribution in [3.63, 3.8) is 0 Å². The molecule has 1 fully saturated rings. The maximum Gasteiger partial charge on any atom is 0.252 e. The van der Waals surface area contributed by atoms with Gasteiger partial charge in [-0.3, -0.25) is 14.5 Å². The molecule has 0 bridgehead atoms. The van der Waals surface area contributed by atoms with Crippen molar-refractivity contribution < 1.29 is 9.59 Å². The number of hydrogen-bond acceptors (Lipinski definition) is 5. The summed E-state index contributed by atoms with van der Waals surface area (Å²) in [6, 6.07) is 9.00. The second-order valence-electron chi connectivity index (χ2n) is 7.56. The fraction of sp³-hybridized carbons (Fsp3) is 0.571. The molecule has 2 atom stereocenters. The molecule has 2 amide bonds. The molecule has 0 aromatic heterocycles. The molecular formula is C21H31N3O2S2. The topological polar surface area (TPSA) is 52.6 Å². The van der Waals surface area contributed by atoms with E-state index >= 15 is 0 Å². The predicted octanol–water partition coefficient (Wildman–Crippen LogP) is 3.26. The van der Waals surface area contributed by atoms with Gasteiger partial charge in [0.25, 0.3) is 5.91 Å². The zero-order valence-electron chi connectivity index (χ0n) is 17.4. The quantitative estimate of drug-likeness (QED) is 0.653. The molecule has 1 saturated heterocycles. The van der Waals surface area contributed by atoms with Gasteiger partial charge in [-0.1, -0.05) is 68.2 Å². The largest absolute Gasteiger partial charge is 0.342 e. The summed E-state index contributed by atoms with van der Waals surface area (Å²) >= 11 is 6.99. The minimum atomic E-state index is -0.612. The summed E-state index contributed by atoms with van der Waals surface area (Å²) < 4.78 is 0.0927. The standard InChI is InChI=1S/C21H31N3O2S2/c1-6-23(7-2)13-14-24-19(26)17(21(4,5)28-20(24)27)22-18(25)15(3)16-11-9-8-10-12-16/h8-12,15,17H,6-7,13-14H2,1-5H3,(H,22,25). The number of nitrogens with one attached hydrogen (secondary N) is 1. The van der Waals surface area contributed by atoms with Crippen molar-refractivity contribution in [1.82, 2.24) is 15.1 Å². The average molecular weight is 422 g/mol. The highest BCUT2D eigenvalue weighted by Gasteiger charge is 2.46. The van der Waals surface area contributed by atoms with E-state index in [1.54, 1.807) is 4.90 Å². The van der Waals surface area contributed by atoms with Crippen LogP contribution in [0.3, 0.4) is 0 Å². The first-order valence-electron chi connectivity index (χ1n) is 9.83. The van der Waals surface area contributed by atoms with Gasteiger partial charge in [0.2, 0.25) is 5.91 Å². The molecule has 1 aromatic carbocycles. The van der Waals surface area contributed by atoms with E-state index in [4.69, 9.17) is 12.2 Å². The highest BCUT2D eigenvalue weighted by Crippen LogP contribution is 2.36. The SMILES string of the molecule is CCN(CC)CCN1C(=O)C(NC(=O)C(C)c2ccccc2)C(C)(C)SC1=S. The Morgan fingerprint density at radius 1 is 1.29 bits per heavy atom. The number of carbonyl (C=O) groups excluding carboxylic acids is 2. The van der Waals surface area contributed by atoms with E-state index in [-0.39, 0.29) is 17.7 Å². The molecule has 2 rings (SSSR count). The molecule has 1 aliphatic rings. The zero-order valence-corrected chi connectivity index (χ0v) is 19.0. The van der Waals surface area contributed by atoms with E-state index in [0.29, 0.717) is 10.9 Å². The lowest BCUT2D eigenvalue weighted by Crippen LogP contribution is -2.63. The van der Waals surface area contributed by atoms with Crippen molar-refractivity contribution in [3.05, 3.63) is 35.9 Å². The van der Waals surface area contributed by atoms with E-state index in [1.807, 2.05) is 51.1 Å². The third-order valence-electron chi connectivity index (χ3n) is 5.29. The van der Waals surface area contributed by atoms with Gasteiger partial charge in [0.05, 0.1) is 5.92 Å². The van der Waals surface area contributed by atoms with Gasteiger partial charge in [-0.05, 0) is 39.4 Å². The maximum atomic E-state index is 13.2. The first-order chi connectivity index (χ1) is 13.2. The smallest absolute Gasteiger partial charge is 0.252 e. The molecule has 7 heteroatoms. The van der Waals surface area contributed by atoms with Gasteiger partial charge in [-0.25, -0.2) is 0 Å². The summed E-state index contributed by atoms with van der Waals surface area (Å²) in [5.41, 5.74) is 0.933. The molecule has 1 aliphatic heterocycles. The van der Waals surface area contributed by atoms with Gasteiger partial charge in [-0.2, -0.15) is 0 Å². The predicted molar refractivity (Wildman–Crippen MR) is 121 cm³/mol. The highest BCUT2D eigenvalue weighted by molar-refractivity contribution is 8.24. The number of likely N-dealkylation sites (N-methyl/N-ethyl adjacent to an activating group) is 1. The molecule has 0 saturated carbocycles. The molecule has 28 heavy (non-hydrogen) atoms. The van der Waals surface area contributed by atoms with Crippen molar-refractivity contribution in [2.75, 3.05) is 26.2 Å². The number of thioether (sulfide) groups is 1. The van der Waals surface area contributed by atoms with Crippen LogP contribution in [0.2, 0.25) is 0 Å². The Kier molecular flexibility index (Phi) is 8.04. The van der Waals surface area contributed by atoms with Crippen LogP contribution in [-0.2, 0) is 9.59 Å². The normalized spacial score (nSPS) is 20.4. The van der Waals surface area contributed by atoms with Crippen LogP contribution < -0.4 is 5.32 Å². The molecule has 154 valence electrons. The first kappa shape index (κ1) is 22.8. The number of rotatable bonds is 8. The molecular weight excluding hydrogens is 390 g/mol. The zero-order chi connectivity index (χ0) is 20.9. The molecule has 1 aromatic rings.